The fourth-order valence-electron chi connectivity index (χ4n) is 1.77. The van der Waals surface area contributed by atoms with Crippen molar-refractivity contribution in [3.8, 4) is 6.07 Å². The van der Waals surface area contributed by atoms with E-state index in [0.29, 0.717) is 10.6 Å². The summed E-state index contributed by atoms with van der Waals surface area (Å²) in [5.41, 5.74) is 0.521. The molecule has 0 aromatic carbocycles. The van der Waals surface area contributed by atoms with E-state index >= 15 is 0 Å². The van der Waals surface area contributed by atoms with Crippen molar-refractivity contribution in [3.63, 3.8) is 0 Å². The van der Waals surface area contributed by atoms with Gasteiger partial charge in [-0.2, -0.15) is 5.26 Å². The quantitative estimate of drug-likeness (QED) is 0.824. The van der Waals surface area contributed by atoms with Crippen molar-refractivity contribution in [2.75, 3.05) is 13.1 Å². The number of piperidine rings is 1. The molecule has 1 aromatic rings. The van der Waals surface area contributed by atoms with Gasteiger partial charge >= 0.3 is 0 Å². The van der Waals surface area contributed by atoms with E-state index in [9.17, 15) is 4.21 Å². The van der Waals surface area contributed by atoms with E-state index < -0.39 is 10.8 Å². The monoisotopic (exact) mass is 235 g/mol. The van der Waals surface area contributed by atoms with E-state index in [4.69, 9.17) is 5.26 Å². The van der Waals surface area contributed by atoms with Crippen LogP contribution in [0.1, 0.15) is 18.4 Å². The van der Waals surface area contributed by atoms with Crippen molar-refractivity contribution >= 4 is 10.8 Å². The number of hydrogen-bond acceptors (Lipinski definition) is 4. The maximum absolute atomic E-state index is 12.2. The molecule has 0 unspecified atom stereocenters. The van der Waals surface area contributed by atoms with Crippen LogP contribution < -0.4 is 5.32 Å². The number of aromatic nitrogens is 1. The lowest BCUT2D eigenvalue weighted by Crippen LogP contribution is -2.33. The van der Waals surface area contributed by atoms with Crippen LogP contribution in [0.25, 0.3) is 0 Å². The summed E-state index contributed by atoms with van der Waals surface area (Å²) in [5.74, 6) is 0. The second-order valence-electron chi connectivity index (χ2n) is 3.74. The van der Waals surface area contributed by atoms with Crippen molar-refractivity contribution in [1.82, 2.24) is 10.3 Å². The SMILES string of the molecule is N#Cc1ccnc([S@](=O)C2CCNCC2)c1. The third kappa shape index (κ3) is 2.46. The molecule has 1 atom stereocenters. The fraction of sp³-hybridized carbons (Fsp3) is 0.455. The van der Waals surface area contributed by atoms with E-state index in [1.807, 2.05) is 6.07 Å². The Morgan fingerprint density at radius 2 is 2.25 bits per heavy atom. The summed E-state index contributed by atoms with van der Waals surface area (Å²) in [7, 11) is -1.08. The number of rotatable bonds is 2. The molecule has 0 aliphatic carbocycles. The summed E-state index contributed by atoms with van der Waals surface area (Å²) in [4.78, 5) is 4.09. The minimum atomic E-state index is -1.08. The molecule has 0 saturated carbocycles. The second kappa shape index (κ2) is 5.19. The van der Waals surface area contributed by atoms with E-state index in [0.717, 1.165) is 25.9 Å². The zero-order chi connectivity index (χ0) is 11.4. The summed E-state index contributed by atoms with van der Waals surface area (Å²) < 4.78 is 12.2. The number of nitrogens with zero attached hydrogens (tertiary/aromatic N) is 2. The molecule has 0 spiro atoms. The topological polar surface area (TPSA) is 65.8 Å². The van der Waals surface area contributed by atoms with Crippen molar-refractivity contribution in [2.45, 2.75) is 23.1 Å². The Balaban J connectivity index is 2.16. The van der Waals surface area contributed by atoms with Gasteiger partial charge in [0.1, 0.15) is 5.03 Å². The molecule has 1 aliphatic heterocycles. The smallest absolute Gasteiger partial charge is 0.128 e. The van der Waals surface area contributed by atoms with Crippen LogP contribution in [-0.2, 0) is 10.8 Å². The van der Waals surface area contributed by atoms with Gasteiger partial charge in [0.2, 0.25) is 0 Å². The first kappa shape index (κ1) is 11.2. The zero-order valence-corrected chi connectivity index (χ0v) is 9.67. The largest absolute Gasteiger partial charge is 0.317 e. The maximum Gasteiger partial charge on any atom is 0.128 e. The Labute approximate surface area is 97.2 Å². The lowest BCUT2D eigenvalue weighted by atomic mass is 10.2. The van der Waals surface area contributed by atoms with Gasteiger partial charge in [0.15, 0.2) is 0 Å². The average Bonchev–Trinajstić information content (AvgIpc) is 2.39. The molecular weight excluding hydrogens is 222 g/mol. The molecule has 16 heavy (non-hydrogen) atoms. The minimum absolute atomic E-state index is 0.169. The second-order valence-corrected chi connectivity index (χ2v) is 5.42. The standard InChI is InChI=1S/C11H13N3OS/c12-8-9-1-6-14-11(7-9)16(15)10-2-4-13-5-3-10/h1,6-7,10,13H,2-5H2/t16-/m1/s1. The van der Waals surface area contributed by atoms with Crippen molar-refractivity contribution in [2.24, 2.45) is 0 Å². The van der Waals surface area contributed by atoms with E-state index in [1.54, 1.807) is 18.3 Å². The molecule has 5 heteroatoms. The Kier molecular flexibility index (Phi) is 3.65. The van der Waals surface area contributed by atoms with E-state index in [2.05, 4.69) is 10.3 Å². The van der Waals surface area contributed by atoms with Gasteiger partial charge in [0, 0.05) is 11.4 Å². The van der Waals surface area contributed by atoms with Crippen LogP contribution >= 0.6 is 0 Å². The van der Waals surface area contributed by atoms with Gasteiger partial charge in [-0.05, 0) is 38.1 Å². The highest BCUT2D eigenvalue weighted by Gasteiger charge is 2.21. The molecule has 0 radical (unpaired) electrons. The summed E-state index contributed by atoms with van der Waals surface area (Å²) in [6.45, 7) is 1.82. The third-order valence-corrected chi connectivity index (χ3v) is 4.37. The molecule has 1 saturated heterocycles. The van der Waals surface area contributed by atoms with Crippen LogP contribution in [0.5, 0.6) is 0 Å². The lowest BCUT2D eigenvalue weighted by molar-refractivity contribution is 0.519. The molecule has 1 fully saturated rings. The maximum atomic E-state index is 12.2. The van der Waals surface area contributed by atoms with Crippen LogP contribution in [0, 0.1) is 11.3 Å². The summed E-state index contributed by atoms with van der Waals surface area (Å²) in [6.07, 6.45) is 3.36. The normalized spacial score (nSPS) is 18.9. The average molecular weight is 235 g/mol. The molecule has 0 bridgehead atoms. The zero-order valence-electron chi connectivity index (χ0n) is 8.85. The number of nitriles is 1. The molecule has 1 aromatic heterocycles. The Bertz CT molecular complexity index is 435. The molecule has 4 nitrogen and oxygen atoms in total. The summed E-state index contributed by atoms with van der Waals surface area (Å²) in [5, 5.41) is 12.7. The lowest BCUT2D eigenvalue weighted by Gasteiger charge is -2.21. The van der Waals surface area contributed by atoms with Crippen LogP contribution in [-0.4, -0.2) is 27.5 Å². The van der Waals surface area contributed by atoms with Gasteiger partial charge in [0.25, 0.3) is 0 Å². The van der Waals surface area contributed by atoms with Gasteiger partial charge in [-0.1, -0.05) is 0 Å². The van der Waals surface area contributed by atoms with Gasteiger partial charge in [-0.25, -0.2) is 4.98 Å². The molecule has 1 aliphatic rings. The predicted molar refractivity (Wildman–Crippen MR) is 61.3 cm³/mol. The first-order chi connectivity index (χ1) is 7.81. The van der Waals surface area contributed by atoms with E-state index in [1.165, 1.54) is 0 Å². The van der Waals surface area contributed by atoms with Crippen LogP contribution in [0.15, 0.2) is 23.4 Å². The number of nitrogens with one attached hydrogen (secondary N) is 1. The first-order valence-electron chi connectivity index (χ1n) is 5.28. The van der Waals surface area contributed by atoms with Gasteiger partial charge in [-0.15, -0.1) is 0 Å². The third-order valence-electron chi connectivity index (χ3n) is 2.66. The Hall–Kier alpha value is -1.25. The van der Waals surface area contributed by atoms with Gasteiger partial charge in [0.05, 0.1) is 22.4 Å². The number of hydrogen-bond donors (Lipinski definition) is 1. The highest BCUT2D eigenvalue weighted by atomic mass is 32.2. The van der Waals surface area contributed by atoms with Gasteiger partial charge in [-0.3, -0.25) is 4.21 Å². The van der Waals surface area contributed by atoms with E-state index in [-0.39, 0.29) is 5.25 Å². The summed E-state index contributed by atoms with van der Waals surface area (Å²) in [6, 6.07) is 5.29. The minimum Gasteiger partial charge on any atom is -0.317 e. The van der Waals surface area contributed by atoms with Crippen LogP contribution in [0.2, 0.25) is 0 Å². The highest BCUT2D eigenvalue weighted by Crippen LogP contribution is 2.17. The molecule has 2 rings (SSSR count). The molecular formula is C11H13N3OS. The molecule has 0 amide bonds. The Morgan fingerprint density at radius 1 is 1.50 bits per heavy atom. The van der Waals surface area contributed by atoms with Gasteiger partial charge < -0.3 is 5.32 Å². The van der Waals surface area contributed by atoms with Crippen molar-refractivity contribution in [3.05, 3.63) is 23.9 Å². The van der Waals surface area contributed by atoms with Crippen LogP contribution in [0.3, 0.4) is 0 Å². The fourth-order valence-corrected chi connectivity index (χ4v) is 3.18. The highest BCUT2D eigenvalue weighted by molar-refractivity contribution is 7.85. The first-order valence-corrected chi connectivity index (χ1v) is 6.50. The number of pyridine rings is 1. The molecule has 2 heterocycles. The predicted octanol–water partition coefficient (Wildman–Crippen LogP) is 0.813. The molecule has 84 valence electrons. The van der Waals surface area contributed by atoms with Crippen molar-refractivity contribution < 1.29 is 4.21 Å². The molecule has 1 N–H and O–H groups in total. The van der Waals surface area contributed by atoms with Crippen molar-refractivity contribution in [1.29, 1.82) is 5.26 Å². The summed E-state index contributed by atoms with van der Waals surface area (Å²) >= 11 is 0. The Morgan fingerprint density at radius 3 is 2.94 bits per heavy atom. The van der Waals surface area contributed by atoms with Crippen LogP contribution in [0.4, 0.5) is 0 Å².